The molecule has 0 saturated carbocycles. The smallest absolute Gasteiger partial charge is 0.122 e. The topological polar surface area (TPSA) is 60.7 Å². The summed E-state index contributed by atoms with van der Waals surface area (Å²) in [5, 5.41) is 28.3. The Morgan fingerprint density at radius 2 is 1.61 bits per heavy atom. The zero-order valence-electron chi connectivity index (χ0n) is 9.74. The number of hydrogen-bond acceptors (Lipinski definition) is 3. The van der Waals surface area contributed by atoms with Gasteiger partial charge in [0.25, 0.3) is 0 Å². The van der Waals surface area contributed by atoms with Crippen molar-refractivity contribution < 1.29 is 15.3 Å². The maximum absolute atomic E-state index is 9.68. The summed E-state index contributed by atoms with van der Waals surface area (Å²) in [6.07, 6.45) is 1.72. The Balaban J connectivity index is 2.40. The van der Waals surface area contributed by atoms with Gasteiger partial charge < -0.3 is 15.3 Å². The zero-order valence-corrected chi connectivity index (χ0v) is 9.74. The molecule has 0 radical (unpaired) electrons. The van der Waals surface area contributed by atoms with E-state index in [2.05, 4.69) is 0 Å². The van der Waals surface area contributed by atoms with Gasteiger partial charge in [0.15, 0.2) is 0 Å². The third-order valence-corrected chi connectivity index (χ3v) is 2.67. The van der Waals surface area contributed by atoms with Crippen molar-refractivity contribution in [2.45, 2.75) is 0 Å². The first kappa shape index (κ1) is 12.2. The Morgan fingerprint density at radius 3 is 2.22 bits per heavy atom. The highest BCUT2D eigenvalue weighted by Gasteiger charge is 2.03. The fourth-order valence-electron chi connectivity index (χ4n) is 1.69. The van der Waals surface area contributed by atoms with E-state index in [1.165, 1.54) is 0 Å². The Labute approximate surface area is 105 Å². The number of benzene rings is 2. The number of hydrogen-bond donors (Lipinski definition) is 3. The van der Waals surface area contributed by atoms with Crippen molar-refractivity contribution >= 4 is 11.6 Å². The van der Waals surface area contributed by atoms with Crippen LogP contribution >= 0.6 is 0 Å². The summed E-state index contributed by atoms with van der Waals surface area (Å²) in [4.78, 5) is 0. The predicted molar refractivity (Wildman–Crippen MR) is 71.2 cm³/mol. The minimum absolute atomic E-state index is 0.140. The molecule has 3 heteroatoms. The van der Waals surface area contributed by atoms with E-state index in [1.54, 1.807) is 48.5 Å². The molecular weight excluding hydrogens is 228 g/mol. The number of phenols is 2. The van der Waals surface area contributed by atoms with Crippen LogP contribution in [0.15, 0.2) is 48.5 Å². The second-order valence-electron chi connectivity index (χ2n) is 3.93. The normalized spacial score (nSPS) is 11.5. The second kappa shape index (κ2) is 5.38. The molecule has 0 atom stereocenters. The first-order valence-electron chi connectivity index (χ1n) is 5.59. The Kier molecular flexibility index (Phi) is 3.65. The van der Waals surface area contributed by atoms with Crippen molar-refractivity contribution in [2.75, 3.05) is 6.61 Å². The fourth-order valence-corrected chi connectivity index (χ4v) is 1.69. The van der Waals surface area contributed by atoms with Crippen molar-refractivity contribution in [1.82, 2.24) is 0 Å². The number of rotatable bonds is 3. The van der Waals surface area contributed by atoms with Crippen LogP contribution in [0.4, 0.5) is 0 Å². The van der Waals surface area contributed by atoms with Gasteiger partial charge in [-0.2, -0.15) is 0 Å². The van der Waals surface area contributed by atoms with Crippen molar-refractivity contribution in [3.05, 3.63) is 59.7 Å². The molecule has 0 aliphatic heterocycles. The van der Waals surface area contributed by atoms with E-state index < -0.39 is 0 Å². The van der Waals surface area contributed by atoms with Gasteiger partial charge in [0, 0.05) is 5.56 Å². The molecule has 3 N–H and O–H groups in total. The molecule has 0 unspecified atom stereocenters. The van der Waals surface area contributed by atoms with Gasteiger partial charge in [-0.1, -0.05) is 30.3 Å². The Morgan fingerprint density at radius 1 is 0.944 bits per heavy atom. The van der Waals surface area contributed by atoms with Crippen molar-refractivity contribution in [1.29, 1.82) is 0 Å². The van der Waals surface area contributed by atoms with Gasteiger partial charge in [0.05, 0.1) is 6.61 Å². The molecule has 0 fully saturated rings. The third-order valence-electron chi connectivity index (χ3n) is 2.67. The number of para-hydroxylation sites is 1. The average Bonchev–Trinajstić information content (AvgIpc) is 2.39. The van der Waals surface area contributed by atoms with Crippen LogP contribution in [0.5, 0.6) is 11.5 Å². The lowest BCUT2D eigenvalue weighted by Crippen LogP contribution is -1.90. The molecule has 0 saturated heterocycles. The maximum atomic E-state index is 9.68. The molecule has 0 bridgehead atoms. The summed E-state index contributed by atoms with van der Waals surface area (Å²) >= 11 is 0. The minimum atomic E-state index is -0.140. The Hall–Kier alpha value is -2.26. The van der Waals surface area contributed by atoms with E-state index in [0.717, 1.165) is 5.56 Å². The van der Waals surface area contributed by atoms with E-state index in [4.69, 9.17) is 0 Å². The Bertz CT molecular complexity index is 556. The molecule has 2 aromatic carbocycles. The van der Waals surface area contributed by atoms with Crippen molar-refractivity contribution in [3.8, 4) is 11.5 Å². The lowest BCUT2D eigenvalue weighted by Gasteiger charge is -2.06. The molecular formula is C15H14O3. The van der Waals surface area contributed by atoms with Gasteiger partial charge in [-0.15, -0.1) is 0 Å². The van der Waals surface area contributed by atoms with Gasteiger partial charge in [-0.05, 0) is 35.4 Å². The lowest BCUT2D eigenvalue weighted by molar-refractivity contribution is 0.350. The lowest BCUT2D eigenvalue weighted by atomic mass is 10.0. The molecule has 0 amide bonds. The summed E-state index contributed by atoms with van der Waals surface area (Å²) in [6.45, 7) is -0.140. The molecule has 0 spiro atoms. The highest BCUT2D eigenvalue weighted by molar-refractivity contribution is 5.83. The van der Waals surface area contributed by atoms with Gasteiger partial charge >= 0.3 is 0 Å². The van der Waals surface area contributed by atoms with Gasteiger partial charge in [-0.3, -0.25) is 0 Å². The van der Waals surface area contributed by atoms with Crippen molar-refractivity contribution in [2.24, 2.45) is 0 Å². The molecule has 0 aliphatic carbocycles. The van der Waals surface area contributed by atoms with Gasteiger partial charge in [0.2, 0.25) is 0 Å². The van der Waals surface area contributed by atoms with Crippen LogP contribution in [0.1, 0.15) is 11.1 Å². The van der Waals surface area contributed by atoms with Crippen molar-refractivity contribution in [3.63, 3.8) is 0 Å². The third kappa shape index (κ3) is 2.70. The van der Waals surface area contributed by atoms with Gasteiger partial charge in [-0.25, -0.2) is 0 Å². The summed E-state index contributed by atoms with van der Waals surface area (Å²) in [6, 6.07) is 13.5. The molecule has 2 aromatic rings. The largest absolute Gasteiger partial charge is 0.508 e. The van der Waals surface area contributed by atoms with Crippen LogP contribution in [-0.4, -0.2) is 21.9 Å². The zero-order chi connectivity index (χ0) is 13.0. The van der Waals surface area contributed by atoms with Crippen LogP contribution < -0.4 is 0 Å². The number of aromatic hydroxyl groups is 2. The maximum Gasteiger partial charge on any atom is 0.122 e. The summed E-state index contributed by atoms with van der Waals surface area (Å²) in [5.41, 5.74) is 2.13. The average molecular weight is 242 g/mol. The molecule has 2 rings (SSSR count). The molecule has 92 valence electrons. The molecule has 18 heavy (non-hydrogen) atoms. The van der Waals surface area contributed by atoms with Gasteiger partial charge in [0.1, 0.15) is 11.5 Å². The predicted octanol–water partition coefficient (Wildman–Crippen LogP) is 2.63. The first-order valence-corrected chi connectivity index (χ1v) is 5.59. The van der Waals surface area contributed by atoms with Crippen LogP contribution in [0.25, 0.3) is 11.6 Å². The van der Waals surface area contributed by atoms with E-state index >= 15 is 0 Å². The molecule has 0 aliphatic rings. The van der Waals surface area contributed by atoms with Crippen LogP contribution in [0.2, 0.25) is 0 Å². The van der Waals surface area contributed by atoms with Crippen LogP contribution in [-0.2, 0) is 0 Å². The van der Waals surface area contributed by atoms with Crippen LogP contribution in [0.3, 0.4) is 0 Å². The monoisotopic (exact) mass is 242 g/mol. The fraction of sp³-hybridized carbons (Fsp3) is 0.0667. The van der Waals surface area contributed by atoms with E-state index in [0.29, 0.717) is 11.1 Å². The standard InChI is InChI=1S/C15H14O3/c16-10-13(11-5-7-14(17)8-6-11)9-12-3-1-2-4-15(12)18/h1-9,16-18H,10H2/b13-9+. The van der Waals surface area contributed by atoms with E-state index in [1.807, 2.05) is 6.07 Å². The molecule has 3 nitrogen and oxygen atoms in total. The highest BCUT2D eigenvalue weighted by Crippen LogP contribution is 2.24. The van der Waals surface area contributed by atoms with E-state index in [-0.39, 0.29) is 18.1 Å². The summed E-state index contributed by atoms with van der Waals surface area (Å²) in [5.74, 6) is 0.348. The van der Waals surface area contributed by atoms with E-state index in [9.17, 15) is 15.3 Å². The quantitative estimate of drug-likeness (QED) is 0.725. The number of phenolic OH excluding ortho intramolecular Hbond substituents is 2. The summed E-state index contributed by atoms with van der Waals surface area (Å²) in [7, 11) is 0. The molecule has 0 heterocycles. The number of aliphatic hydroxyl groups excluding tert-OH is 1. The minimum Gasteiger partial charge on any atom is -0.508 e. The highest BCUT2D eigenvalue weighted by atomic mass is 16.3. The first-order chi connectivity index (χ1) is 8.70. The molecule has 0 aromatic heterocycles. The SMILES string of the molecule is OC/C(=C\c1ccccc1O)c1ccc(O)cc1. The summed E-state index contributed by atoms with van der Waals surface area (Å²) < 4.78 is 0. The number of aliphatic hydroxyl groups is 1. The second-order valence-corrected chi connectivity index (χ2v) is 3.93. The van der Waals surface area contributed by atoms with Crippen LogP contribution in [0, 0.1) is 0 Å².